The van der Waals surface area contributed by atoms with Gasteiger partial charge in [-0.3, -0.25) is 14.3 Å². The van der Waals surface area contributed by atoms with Crippen molar-refractivity contribution in [3.05, 3.63) is 33.1 Å². The molecule has 0 aromatic carbocycles. The van der Waals surface area contributed by atoms with E-state index in [4.69, 9.17) is 14.5 Å². The molecule has 1 rings (SSSR count). The van der Waals surface area contributed by atoms with Gasteiger partial charge < -0.3 is 39.0 Å². The minimum Gasteiger partial charge on any atom is -0.385 e. The predicted octanol–water partition coefficient (Wildman–Crippen LogP) is -1.62. The summed E-state index contributed by atoms with van der Waals surface area (Å²) in [6.07, 6.45) is -1.60. The number of aromatic amines is 1. The van der Waals surface area contributed by atoms with Crippen LogP contribution in [0.25, 0.3) is 0 Å². The average molecular weight is 548 g/mol. The molecule has 21 heteroatoms. The summed E-state index contributed by atoms with van der Waals surface area (Å²) in [4.78, 5) is 61.2. The van der Waals surface area contributed by atoms with E-state index in [9.17, 15) is 43.1 Å². The molecule has 0 radical (unpaired) electrons. The standard InChI is InChI=1S/C11H20FN2O14P3S/c1-10(18,14-4-3-7(15)13-9(14)17)8(16)11(5-12,25-2)6-26-31(24,32)28-30(22,23)27-29(19,20)21/h3-4,8,16,18H,5-6H2,1-2H3,(H,22,23)(H,24,32)(H,13,15,17)(H2,19,20,21)/t8-,10+,11+,31?/m0/s1. The van der Waals surface area contributed by atoms with E-state index < -0.39 is 64.3 Å². The summed E-state index contributed by atoms with van der Waals surface area (Å²) in [6.45, 7) is -7.01. The third kappa shape index (κ3) is 7.68. The van der Waals surface area contributed by atoms with Gasteiger partial charge >= 0.3 is 28.1 Å². The van der Waals surface area contributed by atoms with Crippen molar-refractivity contribution in [2.75, 3.05) is 20.4 Å². The van der Waals surface area contributed by atoms with Gasteiger partial charge in [0, 0.05) is 19.4 Å². The van der Waals surface area contributed by atoms with E-state index in [0.29, 0.717) is 4.57 Å². The molecular weight excluding hydrogens is 528 g/mol. The Bertz CT molecular complexity index is 1060. The molecule has 0 saturated carbocycles. The molecule has 0 spiro atoms. The maximum atomic E-state index is 13.9. The third-order valence-electron chi connectivity index (χ3n) is 3.85. The van der Waals surface area contributed by atoms with Gasteiger partial charge in [-0.05, 0) is 18.7 Å². The van der Waals surface area contributed by atoms with Crippen LogP contribution >= 0.6 is 22.4 Å². The highest BCUT2D eigenvalue weighted by molar-refractivity contribution is 8.08. The molecule has 2 unspecified atom stereocenters. The molecule has 0 aliphatic carbocycles. The fourth-order valence-electron chi connectivity index (χ4n) is 2.31. The van der Waals surface area contributed by atoms with Crippen molar-refractivity contribution < 1.29 is 61.2 Å². The number of hydrogen-bond donors (Lipinski definition) is 7. The lowest BCUT2D eigenvalue weighted by molar-refractivity contribution is -0.226. The first-order valence-corrected chi connectivity index (χ1v) is 13.5. The maximum absolute atomic E-state index is 13.9. The number of methoxy groups -OCH3 is 1. The van der Waals surface area contributed by atoms with E-state index in [1.807, 2.05) is 0 Å². The highest BCUT2D eigenvalue weighted by Crippen LogP contribution is 2.66. The van der Waals surface area contributed by atoms with Crippen LogP contribution < -0.4 is 11.2 Å². The summed E-state index contributed by atoms with van der Waals surface area (Å²) in [5.74, 6) is 0. The molecule has 1 aromatic heterocycles. The number of phosphoric acid groups is 2. The number of aromatic nitrogens is 2. The van der Waals surface area contributed by atoms with E-state index in [2.05, 4.69) is 25.0 Å². The fraction of sp³-hybridized carbons (Fsp3) is 0.636. The summed E-state index contributed by atoms with van der Waals surface area (Å²) in [5, 5.41) is 21.2. The van der Waals surface area contributed by atoms with Crippen LogP contribution in [-0.2, 0) is 44.5 Å². The van der Waals surface area contributed by atoms with Gasteiger partial charge in [-0.25, -0.2) is 22.6 Å². The molecule has 16 nitrogen and oxygen atoms in total. The Morgan fingerprint density at radius 2 is 1.81 bits per heavy atom. The Morgan fingerprint density at radius 3 is 2.25 bits per heavy atom. The zero-order valence-corrected chi connectivity index (χ0v) is 19.7. The number of hydrogen-bond acceptors (Lipinski definition) is 11. The zero-order chi connectivity index (χ0) is 25.2. The van der Waals surface area contributed by atoms with Gasteiger partial charge in [-0.15, -0.1) is 0 Å². The van der Waals surface area contributed by atoms with Gasteiger partial charge in [0.1, 0.15) is 12.8 Å². The van der Waals surface area contributed by atoms with E-state index in [1.54, 1.807) is 4.98 Å². The Morgan fingerprint density at radius 1 is 1.25 bits per heavy atom. The number of nitrogens with one attached hydrogen (secondary N) is 1. The number of ether oxygens (including phenoxy) is 1. The Kier molecular flexibility index (Phi) is 9.44. The molecule has 0 bridgehead atoms. The van der Waals surface area contributed by atoms with Crippen molar-refractivity contribution in [1.29, 1.82) is 0 Å². The molecule has 0 fully saturated rings. The third-order valence-corrected chi connectivity index (χ3v) is 8.55. The molecule has 5 atom stereocenters. The van der Waals surface area contributed by atoms with Gasteiger partial charge in [0.15, 0.2) is 11.3 Å². The number of H-pyrrole nitrogens is 1. The Hall–Kier alpha value is -0.680. The van der Waals surface area contributed by atoms with Gasteiger partial charge in [0.25, 0.3) is 5.56 Å². The van der Waals surface area contributed by atoms with Crippen LogP contribution in [0.2, 0.25) is 0 Å². The minimum atomic E-state index is -5.67. The van der Waals surface area contributed by atoms with E-state index in [-0.39, 0.29) is 0 Å². The molecule has 32 heavy (non-hydrogen) atoms. The van der Waals surface area contributed by atoms with Crippen molar-refractivity contribution in [1.82, 2.24) is 9.55 Å². The highest BCUT2D eigenvalue weighted by Gasteiger charge is 2.51. The SMILES string of the molecule is CO[C@](CF)(COP(O)(=S)OP(=O)(O)OP(=O)(O)O)[C@@H](O)[C@@](C)(O)n1ccc(=O)[nH]c1=O. The monoisotopic (exact) mass is 548 g/mol. The van der Waals surface area contributed by atoms with E-state index in [0.717, 1.165) is 26.3 Å². The molecule has 1 aromatic rings. The normalized spacial score (nSPS) is 21.0. The van der Waals surface area contributed by atoms with E-state index >= 15 is 0 Å². The van der Waals surface area contributed by atoms with Crippen LogP contribution in [0.15, 0.2) is 21.9 Å². The lowest BCUT2D eigenvalue weighted by Crippen LogP contribution is -2.62. The van der Waals surface area contributed by atoms with Crippen LogP contribution in [0.4, 0.5) is 4.39 Å². The van der Waals surface area contributed by atoms with Gasteiger partial charge in [-0.2, -0.15) is 4.31 Å². The number of alkyl halides is 1. The van der Waals surface area contributed by atoms with Crippen LogP contribution in [-0.4, -0.2) is 71.4 Å². The first-order chi connectivity index (χ1) is 14.3. The van der Waals surface area contributed by atoms with Crippen LogP contribution in [0.1, 0.15) is 6.92 Å². The summed E-state index contributed by atoms with van der Waals surface area (Å²) in [5.41, 5.74) is -7.30. The minimum absolute atomic E-state index is 0.420. The predicted molar refractivity (Wildman–Crippen MR) is 105 cm³/mol. The van der Waals surface area contributed by atoms with Crippen molar-refractivity contribution in [3.63, 3.8) is 0 Å². The number of aliphatic hydroxyl groups excluding tert-OH is 1. The second-order valence-electron chi connectivity index (χ2n) is 6.24. The van der Waals surface area contributed by atoms with E-state index in [1.165, 1.54) is 0 Å². The molecule has 0 amide bonds. The molecule has 186 valence electrons. The molecule has 0 saturated heterocycles. The van der Waals surface area contributed by atoms with Crippen molar-refractivity contribution >= 4 is 34.2 Å². The molecule has 7 N–H and O–H groups in total. The number of rotatable bonds is 12. The van der Waals surface area contributed by atoms with Crippen LogP contribution in [0, 0.1) is 0 Å². The van der Waals surface area contributed by atoms with Crippen LogP contribution in [0.3, 0.4) is 0 Å². The van der Waals surface area contributed by atoms with Gasteiger partial charge in [0.05, 0.1) is 6.61 Å². The molecular formula is C11H20FN2O14P3S. The smallest absolute Gasteiger partial charge is 0.385 e. The number of halogens is 1. The topological polar surface area (TPSA) is 247 Å². The molecule has 1 heterocycles. The maximum Gasteiger partial charge on any atom is 0.488 e. The van der Waals surface area contributed by atoms with Crippen molar-refractivity contribution in [2.45, 2.75) is 24.4 Å². The van der Waals surface area contributed by atoms with Gasteiger partial charge in [-0.1, -0.05) is 0 Å². The Labute approximate surface area is 183 Å². The molecule has 0 aliphatic heterocycles. The average Bonchev–Trinajstić information content (AvgIpc) is 2.59. The second-order valence-corrected chi connectivity index (χ2v) is 12.0. The highest BCUT2D eigenvalue weighted by atomic mass is 32.5. The van der Waals surface area contributed by atoms with Crippen molar-refractivity contribution in [3.8, 4) is 0 Å². The fourth-order valence-corrected chi connectivity index (χ4v) is 6.31. The molecule has 0 aliphatic rings. The van der Waals surface area contributed by atoms with Crippen molar-refractivity contribution in [2.24, 2.45) is 0 Å². The largest absolute Gasteiger partial charge is 0.488 e. The zero-order valence-electron chi connectivity index (χ0n) is 16.2. The lowest BCUT2D eigenvalue weighted by atomic mass is 9.90. The summed E-state index contributed by atoms with van der Waals surface area (Å²) in [6, 6.07) is 0.810. The quantitative estimate of drug-likeness (QED) is 0.145. The second kappa shape index (κ2) is 10.3. The summed E-state index contributed by atoms with van der Waals surface area (Å²) >= 11 is 4.39. The van der Waals surface area contributed by atoms with Crippen LogP contribution in [0.5, 0.6) is 0 Å². The number of nitrogens with zero attached hydrogens (tertiary/aromatic N) is 1. The first kappa shape index (κ1) is 29.4. The first-order valence-electron chi connectivity index (χ1n) is 7.93. The summed E-state index contributed by atoms with van der Waals surface area (Å²) in [7, 11) is -10.4. The lowest BCUT2D eigenvalue weighted by Gasteiger charge is -2.42. The summed E-state index contributed by atoms with van der Waals surface area (Å²) < 4.78 is 53.5. The van der Waals surface area contributed by atoms with Gasteiger partial charge in [0.2, 0.25) is 0 Å². The number of aliphatic hydroxyl groups is 2. The Balaban J connectivity index is 3.19.